The number of benzene rings is 2. The van der Waals surface area contributed by atoms with Gasteiger partial charge in [-0.2, -0.15) is 0 Å². The molecule has 0 saturated heterocycles. The highest BCUT2D eigenvalue weighted by molar-refractivity contribution is 7.10. The van der Waals surface area contributed by atoms with E-state index in [0.717, 1.165) is 26.9 Å². The third-order valence-electron chi connectivity index (χ3n) is 4.74. The van der Waals surface area contributed by atoms with Crippen molar-refractivity contribution in [1.29, 1.82) is 0 Å². The summed E-state index contributed by atoms with van der Waals surface area (Å²) in [7, 11) is 0. The Bertz CT molecular complexity index is 1250. The molecule has 0 radical (unpaired) electrons. The maximum absolute atomic E-state index is 13.3. The minimum Gasteiger partial charge on any atom is -0.452 e. The molecule has 0 bridgehead atoms. The summed E-state index contributed by atoms with van der Waals surface area (Å²) in [6.07, 6.45) is 4.57. The van der Waals surface area contributed by atoms with Crippen molar-refractivity contribution in [3.8, 4) is 0 Å². The fourth-order valence-electron chi connectivity index (χ4n) is 3.24. The third-order valence-corrected chi connectivity index (χ3v) is 5.68. The van der Waals surface area contributed by atoms with Gasteiger partial charge in [0.15, 0.2) is 6.61 Å². The first-order valence-electron chi connectivity index (χ1n) is 9.87. The van der Waals surface area contributed by atoms with E-state index < -0.39 is 24.5 Å². The lowest BCUT2D eigenvalue weighted by Crippen LogP contribution is -2.32. The Hall–Kier alpha value is -3.84. The number of para-hydroxylation sites is 1. The van der Waals surface area contributed by atoms with Gasteiger partial charge in [0.25, 0.3) is 5.91 Å². The van der Waals surface area contributed by atoms with Gasteiger partial charge < -0.3 is 10.1 Å². The van der Waals surface area contributed by atoms with Crippen LogP contribution < -0.4 is 5.32 Å². The molecule has 32 heavy (non-hydrogen) atoms. The van der Waals surface area contributed by atoms with Gasteiger partial charge in [0.1, 0.15) is 5.82 Å². The molecule has 1 amide bonds. The van der Waals surface area contributed by atoms with Crippen molar-refractivity contribution < 1.29 is 18.7 Å². The molecule has 2 aromatic heterocycles. The van der Waals surface area contributed by atoms with Crippen molar-refractivity contribution >= 4 is 40.2 Å². The van der Waals surface area contributed by atoms with Crippen molar-refractivity contribution in [1.82, 2.24) is 10.3 Å². The van der Waals surface area contributed by atoms with Crippen LogP contribution in [-0.2, 0) is 14.3 Å². The first kappa shape index (κ1) is 21.4. The quantitative estimate of drug-likeness (QED) is 0.324. The Morgan fingerprint density at radius 2 is 1.88 bits per heavy atom. The summed E-state index contributed by atoms with van der Waals surface area (Å²) in [5, 5.41) is 5.70. The maximum atomic E-state index is 13.3. The number of carbonyl (C=O) groups excluding carboxylic acids is 2. The van der Waals surface area contributed by atoms with Crippen LogP contribution in [0.1, 0.15) is 22.0 Å². The number of thiophene rings is 1. The zero-order chi connectivity index (χ0) is 22.3. The van der Waals surface area contributed by atoms with E-state index in [2.05, 4.69) is 10.3 Å². The summed E-state index contributed by atoms with van der Waals surface area (Å²) in [5.41, 5.74) is 2.28. The minimum absolute atomic E-state index is 0.355. The second-order valence-electron chi connectivity index (χ2n) is 6.93. The summed E-state index contributed by atoms with van der Waals surface area (Å²) in [6.45, 7) is -0.431. The number of halogens is 1. The van der Waals surface area contributed by atoms with Crippen LogP contribution in [0.25, 0.3) is 17.0 Å². The molecule has 0 spiro atoms. The van der Waals surface area contributed by atoms with E-state index in [4.69, 9.17) is 4.74 Å². The summed E-state index contributed by atoms with van der Waals surface area (Å²) in [5.74, 6) is -1.45. The number of esters is 1. The van der Waals surface area contributed by atoms with Gasteiger partial charge in [-0.05, 0) is 41.3 Å². The Kier molecular flexibility index (Phi) is 6.67. The van der Waals surface area contributed by atoms with Crippen molar-refractivity contribution in [3.05, 3.63) is 106 Å². The number of nitrogens with one attached hydrogen (secondary N) is 1. The Labute approximate surface area is 188 Å². The van der Waals surface area contributed by atoms with Gasteiger partial charge in [0.05, 0.1) is 11.6 Å². The molecular weight excluding hydrogens is 427 g/mol. The van der Waals surface area contributed by atoms with Crippen LogP contribution >= 0.6 is 11.3 Å². The van der Waals surface area contributed by atoms with E-state index >= 15 is 0 Å². The second-order valence-corrected chi connectivity index (χ2v) is 7.91. The molecule has 4 aromatic rings. The van der Waals surface area contributed by atoms with Gasteiger partial charge in [0, 0.05) is 28.1 Å². The highest BCUT2D eigenvalue weighted by atomic mass is 32.1. The Morgan fingerprint density at radius 3 is 2.66 bits per heavy atom. The van der Waals surface area contributed by atoms with E-state index in [0.29, 0.717) is 0 Å². The van der Waals surface area contributed by atoms with E-state index in [-0.39, 0.29) is 5.82 Å². The predicted molar refractivity (Wildman–Crippen MR) is 122 cm³/mol. The fourth-order valence-corrected chi connectivity index (χ4v) is 4.04. The number of carbonyl (C=O) groups is 2. The van der Waals surface area contributed by atoms with Gasteiger partial charge in [0.2, 0.25) is 0 Å². The molecule has 0 aliphatic heterocycles. The number of nitrogens with zero attached hydrogens (tertiary/aromatic N) is 1. The van der Waals surface area contributed by atoms with Crippen LogP contribution in [0.2, 0.25) is 0 Å². The lowest BCUT2D eigenvalue weighted by atomic mass is 10.1. The number of amides is 1. The number of fused-ring (bicyclic) bond motifs is 1. The Balaban J connectivity index is 1.38. The summed E-state index contributed by atoms with van der Waals surface area (Å²) >= 11 is 1.47. The smallest absolute Gasteiger partial charge is 0.331 e. The molecule has 7 heteroatoms. The lowest BCUT2D eigenvalue weighted by molar-refractivity contribution is -0.143. The molecule has 0 unspecified atom stereocenters. The van der Waals surface area contributed by atoms with Gasteiger partial charge >= 0.3 is 5.97 Å². The topological polar surface area (TPSA) is 68.3 Å². The highest BCUT2D eigenvalue weighted by Gasteiger charge is 2.18. The number of ether oxygens (including phenoxy) is 1. The molecule has 2 aromatic carbocycles. The fraction of sp³-hybridized carbons (Fsp3) is 0.0800. The molecule has 0 fully saturated rings. The summed E-state index contributed by atoms with van der Waals surface area (Å²) in [6, 6.07) is 18.7. The van der Waals surface area contributed by atoms with E-state index in [1.807, 2.05) is 47.8 Å². The van der Waals surface area contributed by atoms with Crippen molar-refractivity contribution in [3.63, 3.8) is 0 Å². The van der Waals surface area contributed by atoms with Crippen LogP contribution in [0.5, 0.6) is 0 Å². The first-order valence-corrected chi connectivity index (χ1v) is 10.7. The van der Waals surface area contributed by atoms with E-state index in [9.17, 15) is 14.0 Å². The van der Waals surface area contributed by atoms with Crippen molar-refractivity contribution in [2.24, 2.45) is 0 Å². The van der Waals surface area contributed by atoms with Crippen molar-refractivity contribution in [2.45, 2.75) is 6.04 Å². The van der Waals surface area contributed by atoms with Crippen LogP contribution in [-0.4, -0.2) is 23.5 Å². The number of hydrogen-bond acceptors (Lipinski definition) is 5. The van der Waals surface area contributed by atoms with Crippen LogP contribution in [0.3, 0.4) is 0 Å². The average Bonchev–Trinajstić information content (AvgIpc) is 3.35. The van der Waals surface area contributed by atoms with Crippen LogP contribution in [0.15, 0.2) is 84.4 Å². The molecule has 160 valence electrons. The number of pyridine rings is 1. The number of aromatic nitrogens is 1. The van der Waals surface area contributed by atoms with E-state index in [1.54, 1.807) is 24.4 Å². The molecular formula is C25H19FN2O3S. The molecule has 1 N–H and O–H groups in total. The second kappa shape index (κ2) is 9.98. The van der Waals surface area contributed by atoms with Gasteiger partial charge in [-0.1, -0.05) is 42.5 Å². The predicted octanol–water partition coefficient (Wildman–Crippen LogP) is 4.90. The standard InChI is InChI=1S/C25H19FN2O3S/c26-20-11-8-19(9-12-20)25(21-7-3-15-32-21)28-22(29)16-31-23(30)13-10-18-5-1-4-17-6-2-14-27-24(17)18/h1-15,25H,16H2,(H,28,29)/b13-10-/t25-/m1/s1. The molecule has 0 aliphatic rings. The maximum Gasteiger partial charge on any atom is 0.331 e. The first-order chi connectivity index (χ1) is 15.6. The molecule has 0 aliphatic carbocycles. The lowest BCUT2D eigenvalue weighted by Gasteiger charge is -2.18. The zero-order valence-electron chi connectivity index (χ0n) is 16.9. The number of rotatable bonds is 7. The van der Waals surface area contributed by atoms with Gasteiger partial charge in [-0.15, -0.1) is 11.3 Å². The van der Waals surface area contributed by atoms with Crippen LogP contribution in [0, 0.1) is 5.82 Å². The molecule has 0 saturated carbocycles. The highest BCUT2D eigenvalue weighted by Crippen LogP contribution is 2.26. The van der Waals surface area contributed by atoms with E-state index in [1.165, 1.54) is 29.5 Å². The third kappa shape index (κ3) is 5.25. The molecule has 2 heterocycles. The molecule has 4 rings (SSSR count). The summed E-state index contributed by atoms with van der Waals surface area (Å²) in [4.78, 5) is 29.8. The van der Waals surface area contributed by atoms with Gasteiger partial charge in [-0.3, -0.25) is 9.78 Å². The summed E-state index contributed by atoms with van der Waals surface area (Å²) < 4.78 is 18.4. The largest absolute Gasteiger partial charge is 0.452 e. The zero-order valence-corrected chi connectivity index (χ0v) is 17.7. The average molecular weight is 447 g/mol. The monoisotopic (exact) mass is 446 g/mol. The van der Waals surface area contributed by atoms with Gasteiger partial charge in [-0.25, -0.2) is 9.18 Å². The SMILES string of the molecule is O=C(COC(=O)/C=C\c1cccc2cccnc12)N[C@H](c1ccc(F)cc1)c1cccs1. The molecule has 5 nitrogen and oxygen atoms in total. The number of hydrogen-bond donors (Lipinski definition) is 1. The molecule has 1 atom stereocenters. The van der Waals surface area contributed by atoms with Crippen molar-refractivity contribution in [2.75, 3.05) is 6.61 Å². The Morgan fingerprint density at radius 1 is 1.06 bits per heavy atom. The minimum atomic E-state index is -0.637. The van der Waals surface area contributed by atoms with Crippen LogP contribution in [0.4, 0.5) is 4.39 Å². The normalized spacial score (nSPS) is 12.0.